The van der Waals surface area contributed by atoms with Gasteiger partial charge in [-0.15, -0.1) is 10.2 Å². The molecule has 0 saturated heterocycles. The van der Waals surface area contributed by atoms with E-state index in [1.807, 2.05) is 30.3 Å². The number of nitrogens with zero attached hydrogens (tertiary/aromatic N) is 2. The predicted molar refractivity (Wildman–Crippen MR) is 106 cm³/mol. The maximum absolute atomic E-state index is 12.5. The van der Waals surface area contributed by atoms with Gasteiger partial charge in [0.05, 0.1) is 5.25 Å². The second-order valence-electron chi connectivity index (χ2n) is 5.74. The number of thioether (sulfide) groups is 1. The van der Waals surface area contributed by atoms with Gasteiger partial charge >= 0.3 is 6.61 Å². The van der Waals surface area contributed by atoms with Crippen molar-refractivity contribution in [1.29, 1.82) is 0 Å². The minimum atomic E-state index is -2.89. The van der Waals surface area contributed by atoms with Gasteiger partial charge in [-0.05, 0) is 36.8 Å². The molecule has 1 N–H and O–H groups in total. The Kier molecular flexibility index (Phi) is 6.94. The zero-order chi connectivity index (χ0) is 19.9. The van der Waals surface area contributed by atoms with E-state index < -0.39 is 11.9 Å². The summed E-state index contributed by atoms with van der Waals surface area (Å²) in [6.07, 6.45) is 0. The van der Waals surface area contributed by atoms with Crippen LogP contribution in [0, 0.1) is 0 Å². The molecule has 0 spiro atoms. The van der Waals surface area contributed by atoms with E-state index in [9.17, 15) is 13.6 Å². The fraction of sp³-hybridized carbons (Fsp3) is 0.211. The second-order valence-corrected chi connectivity index (χ2v) is 8.30. The first kappa shape index (κ1) is 20.2. The summed E-state index contributed by atoms with van der Waals surface area (Å²) in [5, 5.41) is 11.7. The van der Waals surface area contributed by atoms with Crippen LogP contribution < -0.4 is 10.1 Å². The summed E-state index contributed by atoms with van der Waals surface area (Å²) in [5.41, 5.74) is 1.56. The fourth-order valence-corrected chi connectivity index (χ4v) is 4.31. The molecule has 5 nitrogen and oxygen atoms in total. The Bertz CT molecular complexity index is 905. The molecule has 0 amide bonds. The van der Waals surface area contributed by atoms with Crippen molar-refractivity contribution in [3.05, 3.63) is 65.7 Å². The first-order valence-corrected chi connectivity index (χ1v) is 10.1. The van der Waals surface area contributed by atoms with Gasteiger partial charge in [0.25, 0.3) is 0 Å². The third kappa shape index (κ3) is 5.74. The molecule has 1 heterocycles. The van der Waals surface area contributed by atoms with Gasteiger partial charge in [-0.2, -0.15) is 8.78 Å². The molecule has 0 aliphatic rings. The highest BCUT2D eigenvalue weighted by atomic mass is 32.2. The number of carbonyl (C=O) groups excluding carboxylic acids is 1. The van der Waals surface area contributed by atoms with Crippen molar-refractivity contribution in [3.63, 3.8) is 0 Å². The molecule has 28 heavy (non-hydrogen) atoms. The van der Waals surface area contributed by atoms with Gasteiger partial charge in [0.1, 0.15) is 5.75 Å². The van der Waals surface area contributed by atoms with Gasteiger partial charge in [-0.25, -0.2) is 0 Å². The molecular formula is C19H17F2N3O2S2. The van der Waals surface area contributed by atoms with Crippen molar-refractivity contribution in [2.45, 2.75) is 29.7 Å². The Balaban J connectivity index is 1.54. The molecule has 1 atom stereocenters. The molecule has 3 rings (SSSR count). The number of ether oxygens (including phenoxy) is 1. The Morgan fingerprint density at radius 3 is 2.54 bits per heavy atom. The van der Waals surface area contributed by atoms with Crippen molar-refractivity contribution in [1.82, 2.24) is 10.2 Å². The third-order valence-corrected chi connectivity index (χ3v) is 5.77. The average molecular weight is 421 g/mol. The van der Waals surface area contributed by atoms with Crippen LogP contribution in [0.4, 0.5) is 13.9 Å². The molecule has 0 aliphatic carbocycles. The minimum absolute atomic E-state index is 0.0186. The topological polar surface area (TPSA) is 64.1 Å². The van der Waals surface area contributed by atoms with E-state index in [-0.39, 0.29) is 11.5 Å². The highest BCUT2D eigenvalue weighted by Crippen LogP contribution is 2.31. The van der Waals surface area contributed by atoms with Gasteiger partial charge in [0.2, 0.25) is 5.13 Å². The van der Waals surface area contributed by atoms with Crippen LogP contribution in [0.1, 0.15) is 22.8 Å². The van der Waals surface area contributed by atoms with Crippen LogP contribution >= 0.6 is 23.1 Å². The number of hydrogen-bond donors (Lipinski definition) is 1. The number of hydrogen-bond acceptors (Lipinski definition) is 7. The van der Waals surface area contributed by atoms with Gasteiger partial charge < -0.3 is 10.1 Å². The van der Waals surface area contributed by atoms with Crippen LogP contribution in [0.2, 0.25) is 0 Å². The van der Waals surface area contributed by atoms with E-state index in [0.717, 1.165) is 5.56 Å². The van der Waals surface area contributed by atoms with Gasteiger partial charge in [-0.1, -0.05) is 53.4 Å². The highest BCUT2D eigenvalue weighted by Gasteiger charge is 2.19. The van der Waals surface area contributed by atoms with Gasteiger partial charge in [-0.3, -0.25) is 4.79 Å². The lowest BCUT2D eigenvalue weighted by Gasteiger charge is -2.09. The number of halogens is 2. The summed E-state index contributed by atoms with van der Waals surface area (Å²) in [7, 11) is 0. The molecule has 0 radical (unpaired) electrons. The van der Waals surface area contributed by atoms with Gasteiger partial charge in [0.15, 0.2) is 10.1 Å². The van der Waals surface area contributed by atoms with Crippen molar-refractivity contribution < 1.29 is 18.3 Å². The summed E-state index contributed by atoms with van der Waals surface area (Å²) in [5.74, 6) is -0.104. The largest absolute Gasteiger partial charge is 0.435 e. The number of rotatable bonds is 9. The molecule has 1 aromatic heterocycles. The first-order chi connectivity index (χ1) is 13.5. The highest BCUT2D eigenvalue weighted by molar-refractivity contribution is 8.02. The number of aromatic nitrogens is 2. The first-order valence-electron chi connectivity index (χ1n) is 8.38. The Morgan fingerprint density at radius 2 is 1.86 bits per heavy atom. The maximum Gasteiger partial charge on any atom is 0.387 e. The van der Waals surface area contributed by atoms with Crippen molar-refractivity contribution in [3.8, 4) is 5.75 Å². The average Bonchev–Trinajstić information content (AvgIpc) is 3.14. The van der Waals surface area contributed by atoms with Crippen LogP contribution in [0.15, 0.2) is 58.9 Å². The molecule has 2 aromatic carbocycles. The summed E-state index contributed by atoms with van der Waals surface area (Å²) in [4.78, 5) is 12.5. The monoisotopic (exact) mass is 421 g/mol. The number of ketones is 1. The van der Waals surface area contributed by atoms with Crippen LogP contribution in [0.5, 0.6) is 5.75 Å². The summed E-state index contributed by atoms with van der Waals surface area (Å²) >= 11 is 2.68. The fourth-order valence-electron chi connectivity index (χ4n) is 2.34. The zero-order valence-electron chi connectivity index (χ0n) is 14.8. The number of benzene rings is 2. The van der Waals surface area contributed by atoms with Crippen molar-refractivity contribution >= 4 is 34.0 Å². The quantitative estimate of drug-likeness (QED) is 0.382. The maximum atomic E-state index is 12.5. The number of carbonyl (C=O) groups is 1. The van der Waals surface area contributed by atoms with Crippen LogP contribution in [0.3, 0.4) is 0 Å². The molecule has 0 aliphatic heterocycles. The molecule has 3 aromatic rings. The minimum Gasteiger partial charge on any atom is -0.435 e. The zero-order valence-corrected chi connectivity index (χ0v) is 16.5. The van der Waals surface area contributed by atoms with Gasteiger partial charge in [0, 0.05) is 12.1 Å². The molecule has 9 heteroatoms. The second kappa shape index (κ2) is 9.61. The number of Topliss-reactive ketones (excluding diaryl/α,β-unsaturated/α-hetero) is 1. The molecule has 0 saturated carbocycles. The third-order valence-electron chi connectivity index (χ3n) is 3.70. The standard InChI is InChI=1S/C19H17F2N3O2S2/c1-12(16(25)14-7-9-15(10-8-14)26-17(20)21)27-19-24-23-18(28-19)22-11-13-5-3-2-4-6-13/h2-10,12,17H,11H2,1H3,(H,22,23). The summed E-state index contributed by atoms with van der Waals surface area (Å²) in [6, 6.07) is 15.6. The van der Waals surface area contributed by atoms with Crippen LogP contribution in [-0.4, -0.2) is 27.8 Å². The molecule has 146 valence electrons. The van der Waals surface area contributed by atoms with Crippen LogP contribution in [0.25, 0.3) is 0 Å². The summed E-state index contributed by atoms with van der Waals surface area (Å²) < 4.78 is 29.4. The molecule has 0 bridgehead atoms. The van der Waals surface area contributed by atoms with E-state index in [1.165, 1.54) is 47.4 Å². The van der Waals surface area contributed by atoms with E-state index in [4.69, 9.17) is 0 Å². The Hall–Kier alpha value is -2.52. The summed E-state index contributed by atoms with van der Waals surface area (Å²) in [6.45, 7) is -0.477. The molecule has 1 unspecified atom stereocenters. The number of nitrogens with one attached hydrogen (secondary N) is 1. The van der Waals surface area contributed by atoms with E-state index in [2.05, 4.69) is 20.3 Å². The smallest absolute Gasteiger partial charge is 0.387 e. The predicted octanol–water partition coefficient (Wildman–Crippen LogP) is 5.12. The number of anilines is 1. The molecule has 0 fully saturated rings. The van der Waals surface area contributed by atoms with Crippen molar-refractivity contribution in [2.24, 2.45) is 0 Å². The Labute approximate surface area is 169 Å². The number of alkyl halides is 2. The lowest BCUT2D eigenvalue weighted by Crippen LogP contribution is -2.13. The SMILES string of the molecule is CC(Sc1nnc(NCc2ccccc2)s1)C(=O)c1ccc(OC(F)F)cc1. The van der Waals surface area contributed by atoms with E-state index in [0.29, 0.717) is 21.6 Å². The van der Waals surface area contributed by atoms with Crippen molar-refractivity contribution in [2.75, 3.05) is 5.32 Å². The Morgan fingerprint density at radius 1 is 1.14 bits per heavy atom. The van der Waals surface area contributed by atoms with E-state index in [1.54, 1.807) is 6.92 Å². The van der Waals surface area contributed by atoms with E-state index >= 15 is 0 Å². The molecular weight excluding hydrogens is 404 g/mol. The normalized spacial score (nSPS) is 12.0. The van der Waals surface area contributed by atoms with Crippen LogP contribution in [-0.2, 0) is 6.54 Å². The lowest BCUT2D eigenvalue weighted by molar-refractivity contribution is -0.0498. The lowest BCUT2D eigenvalue weighted by atomic mass is 10.1.